The van der Waals surface area contributed by atoms with Gasteiger partial charge in [0, 0.05) is 7.05 Å². The highest BCUT2D eigenvalue weighted by Gasteiger charge is 2.22. The zero-order valence-electron chi connectivity index (χ0n) is 14.5. The minimum Gasteiger partial charge on any atom is -0.462 e. The minimum absolute atomic E-state index is 0.195. The molecule has 0 unspecified atom stereocenters. The molecule has 3 aromatic rings. The molecule has 0 saturated heterocycles. The minimum atomic E-state index is -3.76. The predicted octanol–water partition coefficient (Wildman–Crippen LogP) is 3.84. The zero-order valence-corrected chi connectivity index (χ0v) is 15.4. The molecular formula is C20H19NO4S. The van der Waals surface area contributed by atoms with Gasteiger partial charge in [-0.15, -0.1) is 0 Å². The normalized spacial score (nSPS) is 11.3. The second-order valence-corrected chi connectivity index (χ2v) is 7.72. The SMILES string of the molecule is CCOC(=O)c1cccc(N(C)S(=O)(=O)c2ccc3ccccc3c2)c1. The number of hydrogen-bond acceptors (Lipinski definition) is 4. The van der Waals surface area contributed by atoms with E-state index in [0.29, 0.717) is 11.3 Å². The van der Waals surface area contributed by atoms with Crippen LogP contribution in [0.15, 0.2) is 71.6 Å². The van der Waals surface area contributed by atoms with E-state index >= 15 is 0 Å². The summed E-state index contributed by atoms with van der Waals surface area (Å²) in [5, 5.41) is 1.82. The van der Waals surface area contributed by atoms with E-state index in [1.807, 2.05) is 24.3 Å². The zero-order chi connectivity index (χ0) is 18.7. The Bertz CT molecular complexity index is 1060. The van der Waals surface area contributed by atoms with Crippen molar-refractivity contribution < 1.29 is 17.9 Å². The molecule has 6 heteroatoms. The maximum Gasteiger partial charge on any atom is 0.338 e. The molecule has 0 heterocycles. The molecule has 0 aliphatic carbocycles. The number of carbonyl (C=O) groups excluding carboxylic acids is 1. The monoisotopic (exact) mass is 369 g/mol. The van der Waals surface area contributed by atoms with Gasteiger partial charge in [-0.2, -0.15) is 0 Å². The van der Waals surface area contributed by atoms with Gasteiger partial charge in [0.2, 0.25) is 0 Å². The number of rotatable bonds is 5. The van der Waals surface area contributed by atoms with E-state index in [2.05, 4.69) is 0 Å². The van der Waals surface area contributed by atoms with Crippen molar-refractivity contribution in [3.63, 3.8) is 0 Å². The van der Waals surface area contributed by atoms with Crippen LogP contribution in [0.4, 0.5) is 5.69 Å². The molecule has 5 nitrogen and oxygen atoms in total. The quantitative estimate of drug-likeness (QED) is 0.641. The molecule has 134 valence electrons. The Labute approximate surface area is 152 Å². The van der Waals surface area contributed by atoms with Crippen LogP contribution in [0.5, 0.6) is 0 Å². The van der Waals surface area contributed by atoms with Crippen molar-refractivity contribution in [2.75, 3.05) is 18.0 Å². The van der Waals surface area contributed by atoms with E-state index in [1.165, 1.54) is 17.4 Å². The summed E-state index contributed by atoms with van der Waals surface area (Å²) in [7, 11) is -2.29. The first-order valence-corrected chi connectivity index (χ1v) is 9.62. The van der Waals surface area contributed by atoms with Gasteiger partial charge >= 0.3 is 5.97 Å². The summed E-state index contributed by atoms with van der Waals surface area (Å²) >= 11 is 0. The second-order valence-electron chi connectivity index (χ2n) is 5.75. The topological polar surface area (TPSA) is 63.7 Å². The van der Waals surface area contributed by atoms with E-state index < -0.39 is 16.0 Å². The fraction of sp³-hybridized carbons (Fsp3) is 0.150. The number of carbonyl (C=O) groups is 1. The second kappa shape index (κ2) is 7.17. The number of ether oxygens (including phenoxy) is 1. The Morgan fingerprint density at radius 2 is 1.69 bits per heavy atom. The summed E-state index contributed by atoms with van der Waals surface area (Å²) in [6, 6.07) is 19.0. The van der Waals surface area contributed by atoms with Gasteiger partial charge in [0.1, 0.15) is 0 Å². The molecule has 0 radical (unpaired) electrons. The lowest BCUT2D eigenvalue weighted by Gasteiger charge is -2.20. The number of benzene rings is 3. The highest BCUT2D eigenvalue weighted by Crippen LogP contribution is 2.25. The molecule has 0 atom stereocenters. The van der Waals surface area contributed by atoms with Crippen LogP contribution in [0, 0.1) is 0 Å². The maximum atomic E-state index is 13.0. The Balaban J connectivity index is 1.98. The molecular weight excluding hydrogens is 350 g/mol. The maximum absolute atomic E-state index is 13.0. The van der Waals surface area contributed by atoms with Gasteiger partial charge in [0.15, 0.2) is 0 Å². The van der Waals surface area contributed by atoms with Crippen molar-refractivity contribution in [1.82, 2.24) is 0 Å². The Morgan fingerprint density at radius 1 is 0.962 bits per heavy atom. The third-order valence-electron chi connectivity index (χ3n) is 4.10. The average Bonchev–Trinajstić information content (AvgIpc) is 2.67. The number of fused-ring (bicyclic) bond motifs is 1. The Hall–Kier alpha value is -2.86. The van der Waals surface area contributed by atoms with Crippen LogP contribution in [0.25, 0.3) is 10.8 Å². The van der Waals surface area contributed by atoms with Crippen molar-refractivity contribution in [2.24, 2.45) is 0 Å². The van der Waals surface area contributed by atoms with Crippen molar-refractivity contribution in [3.05, 3.63) is 72.3 Å². The van der Waals surface area contributed by atoms with Crippen LogP contribution in [0.1, 0.15) is 17.3 Å². The van der Waals surface area contributed by atoms with Crippen LogP contribution in [-0.4, -0.2) is 28.0 Å². The molecule has 0 aromatic heterocycles. The Morgan fingerprint density at radius 3 is 2.42 bits per heavy atom. The van der Waals surface area contributed by atoms with E-state index in [0.717, 1.165) is 10.8 Å². The summed E-state index contributed by atoms with van der Waals surface area (Å²) in [6.07, 6.45) is 0. The number of nitrogens with zero attached hydrogens (tertiary/aromatic N) is 1. The van der Waals surface area contributed by atoms with Crippen LogP contribution >= 0.6 is 0 Å². The summed E-state index contributed by atoms with van der Waals surface area (Å²) in [6.45, 7) is 1.98. The lowest BCUT2D eigenvalue weighted by atomic mass is 10.1. The van der Waals surface area contributed by atoms with E-state index in [-0.39, 0.29) is 11.5 Å². The van der Waals surface area contributed by atoms with Crippen LogP contribution in [0.2, 0.25) is 0 Å². The molecule has 3 aromatic carbocycles. The van der Waals surface area contributed by atoms with E-state index in [1.54, 1.807) is 43.3 Å². The predicted molar refractivity (Wildman–Crippen MR) is 102 cm³/mol. The molecule has 0 fully saturated rings. The number of esters is 1. The van der Waals surface area contributed by atoms with Crippen LogP contribution in [-0.2, 0) is 14.8 Å². The molecule has 3 rings (SSSR count). The fourth-order valence-corrected chi connectivity index (χ4v) is 3.89. The summed E-state index contributed by atoms with van der Waals surface area (Å²) in [5.41, 5.74) is 0.702. The van der Waals surface area contributed by atoms with Gasteiger partial charge in [0.05, 0.1) is 22.8 Å². The highest BCUT2D eigenvalue weighted by molar-refractivity contribution is 7.92. The molecule has 0 aliphatic rings. The third kappa shape index (κ3) is 3.41. The van der Waals surface area contributed by atoms with Crippen molar-refractivity contribution >= 4 is 32.5 Å². The lowest BCUT2D eigenvalue weighted by Crippen LogP contribution is -2.26. The molecule has 0 spiro atoms. The summed E-state index contributed by atoms with van der Waals surface area (Å²) in [5.74, 6) is -0.481. The molecule has 0 saturated carbocycles. The van der Waals surface area contributed by atoms with Gasteiger partial charge in [-0.1, -0.05) is 36.4 Å². The third-order valence-corrected chi connectivity index (χ3v) is 5.88. The first-order chi connectivity index (χ1) is 12.4. The standard InChI is InChI=1S/C20H19NO4S/c1-3-25-20(22)17-9-6-10-18(13-17)21(2)26(23,24)19-12-11-15-7-4-5-8-16(15)14-19/h4-14H,3H2,1-2H3. The van der Waals surface area contributed by atoms with Gasteiger partial charge in [-0.25, -0.2) is 13.2 Å². The fourth-order valence-electron chi connectivity index (χ4n) is 2.67. The molecule has 0 amide bonds. The van der Waals surface area contributed by atoms with E-state index in [4.69, 9.17) is 4.74 Å². The van der Waals surface area contributed by atoms with Crippen LogP contribution in [0.3, 0.4) is 0 Å². The van der Waals surface area contributed by atoms with Crippen molar-refractivity contribution in [1.29, 1.82) is 0 Å². The summed E-state index contributed by atoms with van der Waals surface area (Å²) < 4.78 is 32.1. The summed E-state index contributed by atoms with van der Waals surface area (Å²) in [4.78, 5) is 12.1. The molecule has 0 bridgehead atoms. The molecule has 0 aliphatic heterocycles. The van der Waals surface area contributed by atoms with Gasteiger partial charge in [0.25, 0.3) is 10.0 Å². The van der Waals surface area contributed by atoms with Gasteiger partial charge in [-0.3, -0.25) is 4.31 Å². The Kier molecular flexibility index (Phi) is 4.95. The molecule has 26 heavy (non-hydrogen) atoms. The smallest absolute Gasteiger partial charge is 0.338 e. The van der Waals surface area contributed by atoms with Crippen molar-refractivity contribution in [2.45, 2.75) is 11.8 Å². The van der Waals surface area contributed by atoms with Gasteiger partial charge < -0.3 is 4.74 Å². The van der Waals surface area contributed by atoms with Crippen LogP contribution < -0.4 is 4.31 Å². The number of sulfonamides is 1. The number of anilines is 1. The first kappa shape index (κ1) is 17.9. The highest BCUT2D eigenvalue weighted by atomic mass is 32.2. The first-order valence-electron chi connectivity index (χ1n) is 8.18. The average molecular weight is 369 g/mol. The van der Waals surface area contributed by atoms with Crippen molar-refractivity contribution in [3.8, 4) is 0 Å². The van der Waals surface area contributed by atoms with Gasteiger partial charge in [-0.05, 0) is 48.0 Å². The number of hydrogen-bond donors (Lipinski definition) is 0. The van der Waals surface area contributed by atoms with E-state index in [9.17, 15) is 13.2 Å². The molecule has 0 N–H and O–H groups in total. The largest absolute Gasteiger partial charge is 0.462 e. The lowest BCUT2D eigenvalue weighted by molar-refractivity contribution is 0.0526.